The van der Waals surface area contributed by atoms with Crippen LogP contribution in [0.5, 0.6) is 0 Å². The van der Waals surface area contributed by atoms with Gasteiger partial charge in [-0.3, -0.25) is 10.0 Å². The van der Waals surface area contributed by atoms with Crippen molar-refractivity contribution in [3.05, 3.63) is 9.93 Å². The maximum atomic E-state index is 11.4. The van der Waals surface area contributed by atoms with Crippen LogP contribution < -0.4 is 5.48 Å². The van der Waals surface area contributed by atoms with Crippen molar-refractivity contribution in [2.75, 3.05) is 19.5 Å². The quantitative estimate of drug-likeness (QED) is 0.544. The van der Waals surface area contributed by atoms with Gasteiger partial charge in [0.2, 0.25) is 0 Å². The molecule has 1 amide bonds. The molecule has 0 saturated carbocycles. The smallest absolute Gasteiger partial charge is 0.264 e. The highest BCUT2D eigenvalue weighted by Gasteiger charge is 2.45. The third kappa shape index (κ3) is 3.41. The molecule has 1 aliphatic rings. The number of hydrogen-bond acceptors (Lipinski definition) is 7. The Bertz CT molecular complexity index is 237. The van der Waals surface area contributed by atoms with Gasteiger partial charge in [-0.15, -0.1) is 11.8 Å². The summed E-state index contributed by atoms with van der Waals surface area (Å²) in [5.41, 5.74) is 1.63. The Morgan fingerprint density at radius 1 is 1.31 bits per heavy atom. The molecular formula is C8H15NO6S. The van der Waals surface area contributed by atoms with E-state index in [1.54, 1.807) is 25.6 Å². The minimum atomic E-state index is -0.843. The molecule has 0 unspecified atom stereocenters. The van der Waals surface area contributed by atoms with Crippen LogP contribution in [0.3, 0.4) is 0 Å². The summed E-state index contributed by atoms with van der Waals surface area (Å²) in [5.74, 6) is -1.14. The molecule has 1 aliphatic heterocycles. The lowest BCUT2D eigenvalue weighted by Crippen LogP contribution is -2.56. The van der Waals surface area contributed by atoms with E-state index in [0.29, 0.717) is 0 Å². The van der Waals surface area contributed by atoms with Gasteiger partial charge in [0.25, 0.3) is 5.91 Å². The van der Waals surface area contributed by atoms with E-state index in [9.17, 15) is 4.79 Å². The minimum Gasteiger partial charge on any atom is -0.348 e. The van der Waals surface area contributed by atoms with Crippen molar-refractivity contribution in [3.63, 3.8) is 0 Å². The van der Waals surface area contributed by atoms with Gasteiger partial charge in [0.15, 0.2) is 5.79 Å². The summed E-state index contributed by atoms with van der Waals surface area (Å²) < 4.78 is 9.92. The van der Waals surface area contributed by atoms with Crippen molar-refractivity contribution < 1.29 is 19.5 Å². The van der Waals surface area contributed by atoms with Crippen LogP contribution in [-0.2, 0) is 14.3 Å². The third-order valence-corrected chi connectivity index (χ3v) is 3.41. The zero-order valence-electron chi connectivity index (χ0n) is 9.31. The summed E-state index contributed by atoms with van der Waals surface area (Å²) in [6.45, 7) is 4.03. The minimum absolute atomic E-state index is 0.230. The predicted octanol–water partition coefficient (Wildman–Crippen LogP) is 0.444. The van der Waals surface area contributed by atoms with Crippen LogP contribution in [0.2, 0.25) is 0 Å². The standard InChI is InChI=1S/C8H15NO4S.O2/c1-7(2)12-4-8(14-3,5-13-7)6(10)9-11;1-2/h11H,4-5H2,1-3H3,(H,9,10);. The summed E-state index contributed by atoms with van der Waals surface area (Å²) in [5, 5.41) is 8.59. The van der Waals surface area contributed by atoms with Gasteiger partial charge in [-0.2, -0.15) is 0 Å². The van der Waals surface area contributed by atoms with Crippen LogP contribution in [0.15, 0.2) is 0 Å². The van der Waals surface area contributed by atoms with E-state index in [2.05, 4.69) is 0 Å². The Labute approximate surface area is 97.0 Å². The van der Waals surface area contributed by atoms with Crippen LogP contribution in [0.25, 0.3) is 0 Å². The fourth-order valence-electron chi connectivity index (χ4n) is 1.11. The van der Waals surface area contributed by atoms with Crippen molar-refractivity contribution >= 4 is 17.7 Å². The van der Waals surface area contributed by atoms with E-state index in [-0.39, 0.29) is 13.2 Å². The second-order valence-electron chi connectivity index (χ2n) is 3.62. The number of carbonyl (C=O) groups excluding carboxylic acids is 1. The van der Waals surface area contributed by atoms with E-state index in [4.69, 9.17) is 24.6 Å². The Morgan fingerprint density at radius 2 is 1.75 bits per heavy atom. The van der Waals surface area contributed by atoms with Gasteiger partial charge in [0, 0.05) is 9.93 Å². The van der Waals surface area contributed by atoms with Crippen molar-refractivity contribution in [1.82, 2.24) is 5.48 Å². The number of amides is 1. The molecule has 1 fully saturated rings. The van der Waals surface area contributed by atoms with Crippen LogP contribution in [-0.4, -0.2) is 41.1 Å². The van der Waals surface area contributed by atoms with Gasteiger partial charge >= 0.3 is 0 Å². The molecule has 8 heteroatoms. The number of ether oxygens (including phenoxy) is 2. The maximum absolute atomic E-state index is 11.4. The topological polar surface area (TPSA) is 102 Å². The monoisotopic (exact) mass is 253 g/mol. The lowest BCUT2D eigenvalue weighted by atomic mass is 10.1. The van der Waals surface area contributed by atoms with Crippen molar-refractivity contribution in [2.24, 2.45) is 0 Å². The first-order valence-corrected chi connectivity index (χ1v) is 5.62. The fourth-order valence-corrected chi connectivity index (χ4v) is 1.69. The molecule has 0 aromatic carbocycles. The van der Waals surface area contributed by atoms with Crippen molar-refractivity contribution in [1.29, 1.82) is 0 Å². The van der Waals surface area contributed by atoms with Gasteiger partial charge in [0.05, 0.1) is 13.2 Å². The molecule has 0 bridgehead atoms. The molecule has 1 saturated heterocycles. The molecule has 94 valence electrons. The number of nitrogens with one attached hydrogen (secondary N) is 1. The summed E-state index contributed by atoms with van der Waals surface area (Å²) >= 11 is 1.30. The molecule has 1 heterocycles. The molecule has 2 N–H and O–H groups in total. The highest BCUT2D eigenvalue weighted by Crippen LogP contribution is 2.32. The average Bonchev–Trinajstić information content (AvgIpc) is 2.31. The first-order chi connectivity index (χ1) is 7.46. The SMILES string of the molecule is CSC1(C(=O)NO)COC(C)(C)OC1.O=O. The number of rotatable bonds is 2. The summed E-state index contributed by atoms with van der Waals surface area (Å²) in [4.78, 5) is 25.4. The Morgan fingerprint density at radius 3 is 2.06 bits per heavy atom. The molecular weight excluding hydrogens is 238 g/mol. The molecule has 0 aromatic rings. The lowest BCUT2D eigenvalue weighted by molar-refractivity contribution is -0.253. The highest BCUT2D eigenvalue weighted by atomic mass is 32.2. The lowest BCUT2D eigenvalue weighted by Gasteiger charge is -2.40. The van der Waals surface area contributed by atoms with Crippen molar-refractivity contribution in [2.45, 2.75) is 24.4 Å². The van der Waals surface area contributed by atoms with E-state index in [0.717, 1.165) is 0 Å². The third-order valence-electron chi connectivity index (χ3n) is 2.21. The molecule has 16 heavy (non-hydrogen) atoms. The zero-order chi connectivity index (χ0) is 12.8. The largest absolute Gasteiger partial charge is 0.348 e. The maximum Gasteiger partial charge on any atom is 0.264 e. The van der Waals surface area contributed by atoms with Gasteiger partial charge in [-0.25, -0.2) is 5.48 Å². The molecule has 0 radical (unpaired) electrons. The molecule has 0 aliphatic carbocycles. The number of thioether (sulfide) groups is 1. The van der Waals surface area contributed by atoms with Crippen LogP contribution in [0.4, 0.5) is 0 Å². The van der Waals surface area contributed by atoms with E-state index in [1.807, 2.05) is 0 Å². The number of hydroxylamine groups is 1. The first-order valence-electron chi connectivity index (χ1n) is 4.40. The summed E-state index contributed by atoms with van der Waals surface area (Å²) in [6, 6.07) is 0. The molecule has 0 aromatic heterocycles. The van der Waals surface area contributed by atoms with Gasteiger partial charge in [-0.1, -0.05) is 0 Å². The summed E-state index contributed by atoms with van der Waals surface area (Å²) in [7, 11) is 0. The average molecular weight is 253 g/mol. The molecule has 1 rings (SSSR count). The predicted molar refractivity (Wildman–Crippen MR) is 58.9 cm³/mol. The van der Waals surface area contributed by atoms with E-state index < -0.39 is 16.4 Å². The van der Waals surface area contributed by atoms with E-state index in [1.165, 1.54) is 11.8 Å². The van der Waals surface area contributed by atoms with Gasteiger partial charge < -0.3 is 9.47 Å². The second kappa shape index (κ2) is 6.14. The number of hydrogen-bond donors (Lipinski definition) is 2. The normalized spacial score (nSPS) is 21.5. The Balaban J connectivity index is 0.00000106. The van der Waals surface area contributed by atoms with E-state index >= 15 is 0 Å². The second-order valence-corrected chi connectivity index (χ2v) is 4.81. The molecule has 0 atom stereocenters. The first kappa shape index (κ1) is 15.3. The Hall–Kier alpha value is -0.700. The molecule has 0 spiro atoms. The van der Waals surface area contributed by atoms with Gasteiger partial charge in [0.1, 0.15) is 4.75 Å². The fraction of sp³-hybridized carbons (Fsp3) is 0.875. The molecule has 7 nitrogen and oxygen atoms in total. The van der Waals surface area contributed by atoms with Crippen LogP contribution in [0.1, 0.15) is 13.8 Å². The van der Waals surface area contributed by atoms with Gasteiger partial charge in [-0.05, 0) is 20.1 Å². The van der Waals surface area contributed by atoms with Crippen LogP contribution in [0, 0.1) is 9.93 Å². The Kier molecular flexibility index (Phi) is 5.87. The zero-order valence-corrected chi connectivity index (χ0v) is 10.1. The van der Waals surface area contributed by atoms with Crippen molar-refractivity contribution in [3.8, 4) is 0 Å². The number of carbonyl (C=O) groups is 1. The van der Waals surface area contributed by atoms with Crippen LogP contribution >= 0.6 is 11.8 Å². The highest BCUT2D eigenvalue weighted by molar-refractivity contribution is 8.00. The summed E-state index contributed by atoms with van der Waals surface area (Å²) in [6.07, 6.45) is 1.78.